The Labute approximate surface area is 122 Å². The molecule has 3 heteroatoms. The van der Waals surface area contributed by atoms with Crippen molar-refractivity contribution in [1.29, 1.82) is 0 Å². The molecule has 0 heterocycles. The maximum absolute atomic E-state index is 5.80. The van der Waals surface area contributed by atoms with Crippen molar-refractivity contribution in [2.45, 2.75) is 40.0 Å². The number of terminal acetylenes is 1. The van der Waals surface area contributed by atoms with E-state index in [1.54, 1.807) is 0 Å². The Morgan fingerprint density at radius 2 is 1.60 bits per heavy atom. The predicted molar refractivity (Wildman–Crippen MR) is 81.8 cm³/mol. The third-order valence-electron chi connectivity index (χ3n) is 2.94. The van der Waals surface area contributed by atoms with Crippen LogP contribution in [0.5, 0.6) is 17.2 Å². The fraction of sp³-hybridized carbons (Fsp3) is 0.529. The van der Waals surface area contributed by atoms with Crippen molar-refractivity contribution in [1.82, 2.24) is 0 Å². The van der Waals surface area contributed by atoms with Gasteiger partial charge < -0.3 is 14.2 Å². The lowest BCUT2D eigenvalue weighted by atomic mass is 9.96. The molecule has 1 atom stereocenters. The predicted octanol–water partition coefficient (Wildman–Crippen LogP) is 4.01. The molecule has 3 nitrogen and oxygen atoms in total. The van der Waals surface area contributed by atoms with Crippen molar-refractivity contribution < 1.29 is 14.2 Å². The Hall–Kier alpha value is -1.82. The molecule has 0 saturated carbocycles. The van der Waals surface area contributed by atoms with Crippen molar-refractivity contribution in [2.24, 2.45) is 0 Å². The topological polar surface area (TPSA) is 27.7 Å². The van der Waals surface area contributed by atoms with Crippen LogP contribution in [0.25, 0.3) is 0 Å². The van der Waals surface area contributed by atoms with Gasteiger partial charge in [0.15, 0.2) is 11.5 Å². The summed E-state index contributed by atoms with van der Waals surface area (Å²) in [5.74, 6) is 5.07. The molecule has 0 spiro atoms. The first-order chi connectivity index (χ1) is 9.69. The normalized spacial score (nSPS) is 11.6. The van der Waals surface area contributed by atoms with E-state index in [0.717, 1.165) is 17.1 Å². The lowest BCUT2D eigenvalue weighted by Gasteiger charge is -2.20. The third-order valence-corrected chi connectivity index (χ3v) is 2.94. The summed E-state index contributed by atoms with van der Waals surface area (Å²) in [6, 6.07) is 3.94. The van der Waals surface area contributed by atoms with E-state index in [9.17, 15) is 0 Å². The van der Waals surface area contributed by atoms with Crippen molar-refractivity contribution in [3.05, 3.63) is 17.7 Å². The molecule has 0 N–H and O–H groups in total. The molecule has 20 heavy (non-hydrogen) atoms. The summed E-state index contributed by atoms with van der Waals surface area (Å²) in [6.45, 7) is 9.67. The van der Waals surface area contributed by atoms with E-state index < -0.39 is 0 Å². The van der Waals surface area contributed by atoms with Crippen molar-refractivity contribution >= 4 is 0 Å². The Bertz CT molecular complexity index is 460. The molecular formula is C17H24O3. The Balaban J connectivity index is 3.30. The van der Waals surface area contributed by atoms with Gasteiger partial charge in [-0.1, -0.05) is 13.0 Å². The lowest BCUT2D eigenvalue weighted by Crippen LogP contribution is -2.06. The second-order valence-corrected chi connectivity index (χ2v) is 4.42. The summed E-state index contributed by atoms with van der Waals surface area (Å²) in [5, 5.41) is 0. The summed E-state index contributed by atoms with van der Waals surface area (Å²) < 4.78 is 17.2. The van der Waals surface area contributed by atoms with Gasteiger partial charge in [0.25, 0.3) is 0 Å². The highest BCUT2D eigenvalue weighted by Gasteiger charge is 2.20. The van der Waals surface area contributed by atoms with Gasteiger partial charge in [-0.3, -0.25) is 0 Å². The fourth-order valence-electron chi connectivity index (χ4n) is 2.08. The highest BCUT2D eigenvalue weighted by atomic mass is 16.5. The quantitative estimate of drug-likeness (QED) is 0.671. The standard InChI is InChI=1S/C17H24O3/c1-6-10-13(5)14-11-12-15(18-7-2)17(20-9-4)16(14)19-8-3/h1,11-13H,7-10H2,2-5H3. The van der Waals surface area contributed by atoms with E-state index in [2.05, 4.69) is 12.8 Å². The molecule has 0 aromatic heterocycles. The largest absolute Gasteiger partial charge is 0.490 e. The van der Waals surface area contributed by atoms with Crippen LogP contribution in [0.1, 0.15) is 45.6 Å². The zero-order chi connectivity index (χ0) is 15.0. The molecule has 0 aliphatic rings. The van der Waals surface area contributed by atoms with E-state index in [-0.39, 0.29) is 5.92 Å². The second kappa shape index (κ2) is 8.37. The van der Waals surface area contributed by atoms with Gasteiger partial charge in [0.05, 0.1) is 19.8 Å². The van der Waals surface area contributed by atoms with E-state index in [0.29, 0.717) is 32.0 Å². The SMILES string of the molecule is C#CCC(C)c1ccc(OCC)c(OCC)c1OCC. The summed E-state index contributed by atoms with van der Waals surface area (Å²) in [5.41, 5.74) is 1.07. The van der Waals surface area contributed by atoms with Crippen LogP contribution in [0, 0.1) is 12.3 Å². The molecule has 0 bridgehead atoms. The maximum Gasteiger partial charge on any atom is 0.203 e. The molecular weight excluding hydrogens is 252 g/mol. The summed E-state index contributed by atoms with van der Waals surface area (Å²) in [4.78, 5) is 0. The average molecular weight is 276 g/mol. The molecule has 1 aromatic rings. The molecule has 0 amide bonds. The van der Waals surface area contributed by atoms with E-state index in [1.807, 2.05) is 32.9 Å². The van der Waals surface area contributed by atoms with Gasteiger partial charge in [-0.05, 0) is 32.8 Å². The van der Waals surface area contributed by atoms with Crippen LogP contribution in [0.15, 0.2) is 12.1 Å². The van der Waals surface area contributed by atoms with Crippen LogP contribution in [-0.4, -0.2) is 19.8 Å². The van der Waals surface area contributed by atoms with Crippen molar-refractivity contribution in [3.8, 4) is 29.6 Å². The minimum Gasteiger partial charge on any atom is -0.490 e. The Morgan fingerprint density at radius 3 is 2.15 bits per heavy atom. The Morgan fingerprint density at radius 1 is 1.00 bits per heavy atom. The lowest BCUT2D eigenvalue weighted by molar-refractivity contribution is 0.258. The van der Waals surface area contributed by atoms with Crippen LogP contribution in [0.4, 0.5) is 0 Å². The van der Waals surface area contributed by atoms with E-state index in [4.69, 9.17) is 20.6 Å². The van der Waals surface area contributed by atoms with Crippen LogP contribution in [0.2, 0.25) is 0 Å². The highest BCUT2D eigenvalue weighted by Crippen LogP contribution is 2.43. The highest BCUT2D eigenvalue weighted by molar-refractivity contribution is 5.57. The molecule has 110 valence electrons. The number of hydrogen-bond acceptors (Lipinski definition) is 3. The van der Waals surface area contributed by atoms with Crippen LogP contribution in [0.3, 0.4) is 0 Å². The minimum absolute atomic E-state index is 0.219. The molecule has 1 rings (SSSR count). The van der Waals surface area contributed by atoms with Gasteiger partial charge >= 0.3 is 0 Å². The molecule has 1 unspecified atom stereocenters. The zero-order valence-corrected chi connectivity index (χ0v) is 12.9. The number of rotatable bonds is 8. The van der Waals surface area contributed by atoms with Crippen LogP contribution in [-0.2, 0) is 0 Å². The molecule has 1 aromatic carbocycles. The first-order valence-corrected chi connectivity index (χ1v) is 7.18. The van der Waals surface area contributed by atoms with Gasteiger partial charge in [0.1, 0.15) is 0 Å². The van der Waals surface area contributed by atoms with E-state index >= 15 is 0 Å². The number of benzene rings is 1. The smallest absolute Gasteiger partial charge is 0.203 e. The van der Waals surface area contributed by atoms with Gasteiger partial charge in [-0.25, -0.2) is 0 Å². The van der Waals surface area contributed by atoms with E-state index in [1.165, 1.54) is 0 Å². The third kappa shape index (κ3) is 3.84. The van der Waals surface area contributed by atoms with Crippen LogP contribution >= 0.6 is 0 Å². The Kier molecular flexibility index (Phi) is 6.79. The van der Waals surface area contributed by atoms with Gasteiger partial charge in [-0.15, -0.1) is 12.3 Å². The zero-order valence-electron chi connectivity index (χ0n) is 12.9. The maximum atomic E-state index is 5.80. The summed E-state index contributed by atoms with van der Waals surface area (Å²) in [6.07, 6.45) is 6.08. The molecule has 0 aliphatic carbocycles. The van der Waals surface area contributed by atoms with Gasteiger partial charge in [-0.2, -0.15) is 0 Å². The molecule has 0 radical (unpaired) electrons. The number of hydrogen-bond donors (Lipinski definition) is 0. The second-order valence-electron chi connectivity index (χ2n) is 4.42. The summed E-state index contributed by atoms with van der Waals surface area (Å²) >= 11 is 0. The fourth-order valence-corrected chi connectivity index (χ4v) is 2.08. The summed E-state index contributed by atoms with van der Waals surface area (Å²) in [7, 11) is 0. The first-order valence-electron chi connectivity index (χ1n) is 7.18. The minimum atomic E-state index is 0.219. The van der Waals surface area contributed by atoms with Crippen molar-refractivity contribution in [2.75, 3.05) is 19.8 Å². The van der Waals surface area contributed by atoms with Gasteiger partial charge in [0.2, 0.25) is 5.75 Å². The molecule has 0 aliphatic heterocycles. The molecule has 0 saturated heterocycles. The van der Waals surface area contributed by atoms with Crippen LogP contribution < -0.4 is 14.2 Å². The monoisotopic (exact) mass is 276 g/mol. The van der Waals surface area contributed by atoms with Crippen molar-refractivity contribution in [3.63, 3.8) is 0 Å². The molecule has 0 fully saturated rings. The first kappa shape index (κ1) is 16.2. The number of ether oxygens (including phenoxy) is 3. The average Bonchev–Trinajstić information content (AvgIpc) is 2.43. The van der Waals surface area contributed by atoms with Gasteiger partial charge in [0, 0.05) is 12.0 Å².